The maximum absolute atomic E-state index is 6.13. The number of hydrogen-bond acceptors (Lipinski definition) is 3. The average Bonchev–Trinajstić information content (AvgIpc) is 3.08. The van der Waals surface area contributed by atoms with Crippen LogP contribution in [0.4, 0.5) is 5.69 Å². The molecule has 0 bridgehead atoms. The number of halogens is 3. The van der Waals surface area contributed by atoms with Gasteiger partial charge in [0.1, 0.15) is 0 Å². The van der Waals surface area contributed by atoms with Crippen LogP contribution in [0.1, 0.15) is 12.5 Å². The Kier molecular flexibility index (Phi) is 5.09. The normalized spacial score (nSPS) is 11.6. The van der Waals surface area contributed by atoms with E-state index < -0.39 is 0 Å². The molecule has 0 amide bonds. The number of imidazole rings is 1. The minimum absolute atomic E-state index is 0.416. The molecule has 1 heterocycles. The molecule has 0 atom stereocenters. The fourth-order valence-electron chi connectivity index (χ4n) is 2.14. The Labute approximate surface area is 154 Å². The molecule has 1 N–H and O–H groups in total. The van der Waals surface area contributed by atoms with E-state index in [1.54, 1.807) is 24.7 Å². The van der Waals surface area contributed by atoms with E-state index in [4.69, 9.17) is 34.8 Å². The molecule has 0 aliphatic heterocycles. The lowest BCUT2D eigenvalue weighted by atomic mass is 10.1. The van der Waals surface area contributed by atoms with Gasteiger partial charge in [0.15, 0.2) is 0 Å². The van der Waals surface area contributed by atoms with Crippen molar-refractivity contribution in [1.29, 1.82) is 0 Å². The molecule has 4 nitrogen and oxygen atoms in total. The van der Waals surface area contributed by atoms with Crippen LogP contribution in [0.2, 0.25) is 15.1 Å². The van der Waals surface area contributed by atoms with Gasteiger partial charge in [-0.1, -0.05) is 46.9 Å². The molecule has 0 saturated heterocycles. The van der Waals surface area contributed by atoms with Crippen molar-refractivity contribution < 1.29 is 0 Å². The zero-order chi connectivity index (χ0) is 17.1. The monoisotopic (exact) mass is 378 g/mol. The van der Waals surface area contributed by atoms with Gasteiger partial charge in [-0.2, -0.15) is 5.10 Å². The number of nitrogens with one attached hydrogen (secondary N) is 1. The van der Waals surface area contributed by atoms with Crippen molar-refractivity contribution in [3.05, 3.63) is 75.8 Å². The third-order valence-corrected chi connectivity index (χ3v) is 4.24. The lowest BCUT2D eigenvalue weighted by molar-refractivity contribution is 1.06. The van der Waals surface area contributed by atoms with Crippen LogP contribution < -0.4 is 5.43 Å². The highest BCUT2D eigenvalue weighted by Gasteiger charge is 2.07. The van der Waals surface area contributed by atoms with Gasteiger partial charge in [0.2, 0.25) is 0 Å². The van der Waals surface area contributed by atoms with E-state index in [9.17, 15) is 0 Å². The Bertz CT molecular complexity index is 848. The molecular formula is C17H13Cl3N4. The second-order valence-corrected chi connectivity index (χ2v) is 6.32. The highest BCUT2D eigenvalue weighted by molar-refractivity contribution is 6.41. The van der Waals surface area contributed by atoms with Crippen LogP contribution >= 0.6 is 34.8 Å². The zero-order valence-corrected chi connectivity index (χ0v) is 14.9. The summed E-state index contributed by atoms with van der Waals surface area (Å²) in [5, 5.41) is 5.65. The molecule has 7 heteroatoms. The highest BCUT2D eigenvalue weighted by atomic mass is 35.5. The molecule has 0 fully saturated rings. The van der Waals surface area contributed by atoms with Crippen LogP contribution in [0.3, 0.4) is 0 Å². The van der Waals surface area contributed by atoms with Crippen molar-refractivity contribution in [2.45, 2.75) is 6.92 Å². The van der Waals surface area contributed by atoms with Crippen LogP contribution in [0.5, 0.6) is 0 Å². The summed E-state index contributed by atoms with van der Waals surface area (Å²) in [5.74, 6) is 0. The van der Waals surface area contributed by atoms with E-state index in [0.717, 1.165) is 17.0 Å². The van der Waals surface area contributed by atoms with Crippen molar-refractivity contribution in [2.75, 3.05) is 5.43 Å². The number of benzene rings is 2. The molecule has 122 valence electrons. The fourth-order valence-corrected chi connectivity index (χ4v) is 3.04. The maximum atomic E-state index is 6.13. The Hall–Kier alpha value is -2.01. The SMILES string of the molecule is C/C(=N/Nc1c(Cl)cc(Cl)cc1Cl)c1ccc(-n2ccnc2)cc1. The fraction of sp³-hybridized carbons (Fsp3) is 0.0588. The predicted octanol–water partition coefficient (Wildman–Crippen LogP) is 5.67. The molecule has 0 aliphatic rings. The molecular weight excluding hydrogens is 367 g/mol. The van der Waals surface area contributed by atoms with E-state index in [0.29, 0.717) is 20.8 Å². The number of aromatic nitrogens is 2. The topological polar surface area (TPSA) is 42.2 Å². The van der Waals surface area contributed by atoms with Gasteiger partial charge < -0.3 is 4.57 Å². The molecule has 3 rings (SSSR count). The minimum atomic E-state index is 0.416. The molecule has 1 aromatic heterocycles. The van der Waals surface area contributed by atoms with Crippen LogP contribution in [-0.4, -0.2) is 15.3 Å². The molecule has 0 radical (unpaired) electrons. The number of anilines is 1. The first kappa shape index (κ1) is 16.8. The molecule has 0 aliphatic carbocycles. The van der Waals surface area contributed by atoms with Gasteiger partial charge in [0.05, 0.1) is 27.8 Å². The van der Waals surface area contributed by atoms with Gasteiger partial charge in [-0.15, -0.1) is 0 Å². The molecule has 0 unspecified atom stereocenters. The summed E-state index contributed by atoms with van der Waals surface area (Å²) < 4.78 is 1.93. The average molecular weight is 380 g/mol. The van der Waals surface area contributed by atoms with E-state index in [-0.39, 0.29) is 0 Å². The van der Waals surface area contributed by atoms with Gasteiger partial charge in [0, 0.05) is 23.1 Å². The van der Waals surface area contributed by atoms with Gasteiger partial charge >= 0.3 is 0 Å². The molecule has 0 spiro atoms. The summed E-state index contributed by atoms with van der Waals surface area (Å²) >= 11 is 18.2. The summed E-state index contributed by atoms with van der Waals surface area (Å²) in [7, 11) is 0. The lowest BCUT2D eigenvalue weighted by Gasteiger charge is -2.09. The highest BCUT2D eigenvalue weighted by Crippen LogP contribution is 2.33. The number of nitrogens with zero attached hydrogens (tertiary/aromatic N) is 3. The van der Waals surface area contributed by atoms with Crippen molar-refractivity contribution in [3.63, 3.8) is 0 Å². The van der Waals surface area contributed by atoms with Gasteiger partial charge in [-0.3, -0.25) is 5.43 Å². The van der Waals surface area contributed by atoms with Crippen LogP contribution in [0.15, 0.2) is 60.2 Å². The number of hydrazone groups is 1. The molecule has 2 aromatic carbocycles. The Morgan fingerprint density at radius 1 is 1.08 bits per heavy atom. The Morgan fingerprint density at radius 3 is 2.33 bits per heavy atom. The smallest absolute Gasteiger partial charge is 0.0991 e. The number of rotatable bonds is 4. The van der Waals surface area contributed by atoms with E-state index in [1.165, 1.54) is 0 Å². The van der Waals surface area contributed by atoms with Gasteiger partial charge in [-0.25, -0.2) is 4.98 Å². The summed E-state index contributed by atoms with van der Waals surface area (Å²) in [6, 6.07) is 11.2. The lowest BCUT2D eigenvalue weighted by Crippen LogP contribution is -2.01. The Morgan fingerprint density at radius 2 is 1.75 bits per heavy atom. The standard InChI is InChI=1S/C17H13Cl3N4/c1-11(22-23-17-15(19)8-13(18)9-16(17)20)12-2-4-14(5-3-12)24-7-6-21-10-24/h2-10,23H,1H3/b22-11-. The van der Waals surface area contributed by atoms with Crippen molar-refractivity contribution in [3.8, 4) is 5.69 Å². The van der Waals surface area contributed by atoms with Crippen molar-refractivity contribution in [2.24, 2.45) is 5.10 Å². The van der Waals surface area contributed by atoms with Crippen molar-refractivity contribution >= 4 is 46.2 Å². The second kappa shape index (κ2) is 7.26. The van der Waals surface area contributed by atoms with Crippen LogP contribution in [0, 0.1) is 0 Å². The molecule has 24 heavy (non-hydrogen) atoms. The maximum Gasteiger partial charge on any atom is 0.0991 e. The summed E-state index contributed by atoms with van der Waals surface area (Å²) in [6.45, 7) is 1.90. The van der Waals surface area contributed by atoms with Crippen LogP contribution in [0.25, 0.3) is 5.69 Å². The van der Waals surface area contributed by atoms with Crippen LogP contribution in [-0.2, 0) is 0 Å². The zero-order valence-electron chi connectivity index (χ0n) is 12.7. The predicted molar refractivity (Wildman–Crippen MR) is 101 cm³/mol. The molecule has 0 saturated carbocycles. The van der Waals surface area contributed by atoms with Gasteiger partial charge in [-0.05, 0) is 36.8 Å². The van der Waals surface area contributed by atoms with E-state index in [1.807, 2.05) is 42.0 Å². The number of hydrogen-bond donors (Lipinski definition) is 1. The second-order valence-electron chi connectivity index (χ2n) is 5.07. The summed E-state index contributed by atoms with van der Waals surface area (Å²) in [6.07, 6.45) is 5.38. The summed E-state index contributed by atoms with van der Waals surface area (Å²) in [4.78, 5) is 4.04. The summed E-state index contributed by atoms with van der Waals surface area (Å²) in [5.41, 5.74) is 6.23. The third kappa shape index (κ3) is 3.73. The van der Waals surface area contributed by atoms with Crippen molar-refractivity contribution in [1.82, 2.24) is 9.55 Å². The van der Waals surface area contributed by atoms with Gasteiger partial charge in [0.25, 0.3) is 0 Å². The first-order valence-electron chi connectivity index (χ1n) is 7.08. The van der Waals surface area contributed by atoms with E-state index in [2.05, 4.69) is 15.5 Å². The third-order valence-electron chi connectivity index (χ3n) is 3.43. The Balaban J connectivity index is 1.79. The first-order chi connectivity index (χ1) is 11.5. The minimum Gasteiger partial charge on any atom is -0.306 e. The molecule has 3 aromatic rings. The largest absolute Gasteiger partial charge is 0.306 e. The first-order valence-corrected chi connectivity index (χ1v) is 8.21. The van der Waals surface area contributed by atoms with E-state index >= 15 is 0 Å². The quantitative estimate of drug-likeness (QED) is 0.469.